The standard InChI is InChI=1S/C28H26N4O3/c1-17-10-11-20(28(34)30-21-12-13-21)15-23(17)27-31-24(26(29)32-27)25(33)19-8-5-9-22(14-19)35-16-18-6-3-2-4-7-18/h2-11,14-15,21H,12-13,16,29H2,1H3,(H,30,34)(H,31,32). The van der Waals surface area contributed by atoms with Gasteiger partial charge in [-0.25, -0.2) is 4.98 Å². The average Bonchev–Trinajstić information content (AvgIpc) is 3.61. The van der Waals surface area contributed by atoms with Crippen LogP contribution in [0.5, 0.6) is 5.75 Å². The number of nitrogen functional groups attached to an aromatic ring is 1. The van der Waals surface area contributed by atoms with Crippen LogP contribution in [-0.2, 0) is 6.61 Å². The van der Waals surface area contributed by atoms with Gasteiger partial charge in [0.25, 0.3) is 5.91 Å². The number of aryl methyl sites for hydroxylation is 1. The Kier molecular flexibility index (Phi) is 6.06. The molecule has 1 aliphatic carbocycles. The summed E-state index contributed by atoms with van der Waals surface area (Å²) in [4.78, 5) is 33.2. The minimum atomic E-state index is -0.285. The summed E-state index contributed by atoms with van der Waals surface area (Å²) in [6, 6.07) is 22.5. The number of ketones is 1. The summed E-state index contributed by atoms with van der Waals surface area (Å²) >= 11 is 0. The van der Waals surface area contributed by atoms with Crippen molar-refractivity contribution in [3.8, 4) is 17.1 Å². The second kappa shape index (κ2) is 9.46. The van der Waals surface area contributed by atoms with E-state index in [1.165, 1.54) is 0 Å². The highest BCUT2D eigenvalue weighted by atomic mass is 16.5. The lowest BCUT2D eigenvalue weighted by molar-refractivity contribution is 0.0950. The first-order valence-electron chi connectivity index (χ1n) is 11.6. The predicted molar refractivity (Wildman–Crippen MR) is 134 cm³/mol. The number of amides is 1. The van der Waals surface area contributed by atoms with Gasteiger partial charge in [-0.3, -0.25) is 9.59 Å². The van der Waals surface area contributed by atoms with E-state index in [0.717, 1.165) is 29.5 Å². The SMILES string of the molecule is Cc1ccc(C(=O)NC2CC2)cc1-c1nc(N)c(C(=O)c2cccc(OCc3ccccc3)c2)[nH]1. The van der Waals surface area contributed by atoms with Crippen LogP contribution in [0.4, 0.5) is 5.82 Å². The Morgan fingerprint density at radius 1 is 1.03 bits per heavy atom. The van der Waals surface area contributed by atoms with Crippen LogP contribution < -0.4 is 15.8 Å². The van der Waals surface area contributed by atoms with Crippen molar-refractivity contribution in [2.24, 2.45) is 0 Å². The molecular formula is C28H26N4O3. The van der Waals surface area contributed by atoms with E-state index in [0.29, 0.717) is 29.3 Å². The van der Waals surface area contributed by atoms with Gasteiger partial charge >= 0.3 is 0 Å². The number of ether oxygens (including phenoxy) is 1. The molecule has 0 saturated heterocycles. The molecule has 0 radical (unpaired) electrons. The summed E-state index contributed by atoms with van der Waals surface area (Å²) in [7, 11) is 0. The Morgan fingerprint density at radius 2 is 1.83 bits per heavy atom. The first-order valence-corrected chi connectivity index (χ1v) is 11.6. The number of aromatic amines is 1. The van der Waals surface area contributed by atoms with Gasteiger partial charge in [-0.2, -0.15) is 0 Å². The number of nitrogens with zero attached hydrogens (tertiary/aromatic N) is 1. The number of rotatable bonds is 8. The van der Waals surface area contributed by atoms with Gasteiger partial charge in [0.05, 0.1) is 0 Å². The third kappa shape index (κ3) is 5.09. The molecular weight excluding hydrogens is 440 g/mol. The van der Waals surface area contributed by atoms with E-state index in [4.69, 9.17) is 10.5 Å². The van der Waals surface area contributed by atoms with E-state index in [2.05, 4.69) is 15.3 Å². The van der Waals surface area contributed by atoms with Gasteiger partial charge < -0.3 is 20.8 Å². The summed E-state index contributed by atoms with van der Waals surface area (Å²) in [5, 5.41) is 2.99. The van der Waals surface area contributed by atoms with Gasteiger partial charge in [-0.05, 0) is 55.2 Å². The molecule has 176 valence electrons. The number of imidazole rings is 1. The minimum Gasteiger partial charge on any atom is -0.489 e. The molecule has 0 unspecified atom stereocenters. The van der Waals surface area contributed by atoms with Crippen molar-refractivity contribution in [3.63, 3.8) is 0 Å². The molecule has 7 nitrogen and oxygen atoms in total. The summed E-state index contributed by atoms with van der Waals surface area (Å²) in [5.41, 5.74) is 9.99. The maximum atomic E-state index is 13.3. The molecule has 1 fully saturated rings. The molecule has 4 N–H and O–H groups in total. The second-order valence-corrected chi connectivity index (χ2v) is 8.75. The van der Waals surface area contributed by atoms with E-state index in [9.17, 15) is 9.59 Å². The van der Waals surface area contributed by atoms with Crippen molar-refractivity contribution in [2.75, 3.05) is 5.73 Å². The number of nitrogens with two attached hydrogens (primary N) is 1. The van der Waals surface area contributed by atoms with Gasteiger partial charge in [-0.1, -0.05) is 48.5 Å². The quantitative estimate of drug-likeness (QED) is 0.327. The molecule has 1 aliphatic rings. The molecule has 1 amide bonds. The molecule has 0 bridgehead atoms. The zero-order valence-corrected chi connectivity index (χ0v) is 19.4. The molecule has 4 aromatic rings. The number of carbonyl (C=O) groups is 2. The molecule has 1 aromatic heterocycles. The molecule has 0 aliphatic heterocycles. The Bertz CT molecular complexity index is 1390. The van der Waals surface area contributed by atoms with Gasteiger partial charge in [0.1, 0.15) is 23.9 Å². The number of hydrogen-bond acceptors (Lipinski definition) is 5. The Labute approximate surface area is 203 Å². The maximum absolute atomic E-state index is 13.3. The molecule has 0 atom stereocenters. The first kappa shape index (κ1) is 22.4. The Morgan fingerprint density at radius 3 is 2.60 bits per heavy atom. The van der Waals surface area contributed by atoms with Crippen LogP contribution >= 0.6 is 0 Å². The number of benzene rings is 3. The molecule has 35 heavy (non-hydrogen) atoms. The molecule has 1 saturated carbocycles. The van der Waals surface area contributed by atoms with Gasteiger partial charge in [-0.15, -0.1) is 0 Å². The lowest BCUT2D eigenvalue weighted by Crippen LogP contribution is -2.25. The third-order valence-corrected chi connectivity index (χ3v) is 5.97. The number of H-pyrrole nitrogens is 1. The fourth-order valence-corrected chi connectivity index (χ4v) is 3.81. The second-order valence-electron chi connectivity index (χ2n) is 8.75. The van der Waals surface area contributed by atoms with Crippen LogP contribution in [-0.4, -0.2) is 27.7 Å². The highest BCUT2D eigenvalue weighted by Gasteiger charge is 2.24. The normalized spacial score (nSPS) is 12.8. The number of hydrogen-bond donors (Lipinski definition) is 3. The zero-order chi connectivity index (χ0) is 24.4. The van der Waals surface area contributed by atoms with Crippen molar-refractivity contribution in [1.29, 1.82) is 0 Å². The Hall–Kier alpha value is -4.39. The number of aromatic nitrogens is 2. The van der Waals surface area contributed by atoms with Crippen molar-refractivity contribution in [3.05, 3.63) is 101 Å². The molecule has 1 heterocycles. The van der Waals surface area contributed by atoms with Crippen LogP contribution in [0.15, 0.2) is 72.8 Å². The lowest BCUT2D eigenvalue weighted by Gasteiger charge is -2.08. The topological polar surface area (TPSA) is 110 Å². The lowest BCUT2D eigenvalue weighted by atomic mass is 10.0. The zero-order valence-electron chi connectivity index (χ0n) is 19.4. The molecule has 5 rings (SSSR count). The van der Waals surface area contributed by atoms with Crippen molar-refractivity contribution < 1.29 is 14.3 Å². The van der Waals surface area contributed by atoms with E-state index >= 15 is 0 Å². The summed E-state index contributed by atoms with van der Waals surface area (Å²) in [6.07, 6.45) is 2.03. The van der Waals surface area contributed by atoms with E-state index in [-0.39, 0.29) is 29.2 Å². The van der Waals surface area contributed by atoms with Crippen LogP contribution in [0.3, 0.4) is 0 Å². The highest BCUT2D eigenvalue weighted by molar-refractivity contribution is 6.11. The highest BCUT2D eigenvalue weighted by Crippen LogP contribution is 2.27. The molecule has 7 heteroatoms. The van der Waals surface area contributed by atoms with Crippen molar-refractivity contribution >= 4 is 17.5 Å². The summed E-state index contributed by atoms with van der Waals surface area (Å²) in [6.45, 7) is 2.32. The molecule has 3 aromatic carbocycles. The van der Waals surface area contributed by atoms with Crippen molar-refractivity contribution in [2.45, 2.75) is 32.4 Å². The number of carbonyl (C=O) groups excluding carboxylic acids is 2. The molecule has 0 spiro atoms. The van der Waals surface area contributed by atoms with E-state index < -0.39 is 0 Å². The van der Waals surface area contributed by atoms with Crippen LogP contribution in [0, 0.1) is 6.92 Å². The van der Waals surface area contributed by atoms with Gasteiger partial charge in [0.2, 0.25) is 5.78 Å². The fraction of sp³-hybridized carbons (Fsp3) is 0.179. The summed E-state index contributed by atoms with van der Waals surface area (Å²) in [5.74, 6) is 0.737. The predicted octanol–water partition coefficient (Wildman–Crippen LogP) is 4.67. The third-order valence-electron chi connectivity index (χ3n) is 5.97. The first-order chi connectivity index (χ1) is 17.0. The van der Waals surface area contributed by atoms with Crippen LogP contribution in [0.2, 0.25) is 0 Å². The minimum absolute atomic E-state index is 0.104. The number of anilines is 1. The summed E-state index contributed by atoms with van der Waals surface area (Å²) < 4.78 is 5.86. The fourth-order valence-electron chi connectivity index (χ4n) is 3.81. The number of nitrogens with one attached hydrogen (secondary N) is 2. The maximum Gasteiger partial charge on any atom is 0.251 e. The van der Waals surface area contributed by atoms with Gasteiger partial charge in [0, 0.05) is 22.7 Å². The van der Waals surface area contributed by atoms with Crippen molar-refractivity contribution in [1.82, 2.24) is 15.3 Å². The Balaban J connectivity index is 1.37. The smallest absolute Gasteiger partial charge is 0.251 e. The monoisotopic (exact) mass is 466 g/mol. The van der Waals surface area contributed by atoms with E-state index in [1.54, 1.807) is 30.3 Å². The van der Waals surface area contributed by atoms with E-state index in [1.807, 2.05) is 49.4 Å². The average molecular weight is 467 g/mol. The van der Waals surface area contributed by atoms with Gasteiger partial charge in [0.15, 0.2) is 5.82 Å². The van der Waals surface area contributed by atoms with Crippen LogP contribution in [0.25, 0.3) is 11.4 Å². The van der Waals surface area contributed by atoms with Crippen LogP contribution in [0.1, 0.15) is 50.4 Å². The largest absolute Gasteiger partial charge is 0.489 e.